The minimum Gasteiger partial charge on any atom is -0.353 e. The molecule has 27 heavy (non-hydrogen) atoms. The average molecular weight is 377 g/mol. The zero-order chi connectivity index (χ0) is 18.4. The predicted molar refractivity (Wildman–Crippen MR) is 103 cm³/mol. The maximum atomic E-state index is 13.0. The topological polar surface area (TPSA) is 74.4 Å². The third-order valence-electron chi connectivity index (χ3n) is 7.94. The molecule has 5 fully saturated rings. The van der Waals surface area contributed by atoms with E-state index in [2.05, 4.69) is 28.4 Å². The number of rotatable bonds is 4. The highest BCUT2D eigenvalue weighted by Gasteiger charge is 2.47. The maximum absolute atomic E-state index is 13.0. The van der Waals surface area contributed by atoms with Crippen LogP contribution in [-0.4, -0.2) is 36.9 Å². The Morgan fingerprint density at radius 2 is 1.78 bits per heavy atom. The average Bonchev–Trinajstić information content (AvgIpc) is 3.24. The third kappa shape index (κ3) is 3.91. The molecule has 5 rings (SSSR count). The quantitative estimate of drug-likeness (QED) is 0.603. The highest BCUT2D eigenvalue weighted by Crippen LogP contribution is 2.48. The SMILES string of the molecule is CC1CC(NC(=O)[C@@H]2CCC3CC(C4NOC(C5CC5)N4)CCC32)CCN1. The Bertz CT molecular complexity index is 554. The Morgan fingerprint density at radius 3 is 2.59 bits per heavy atom. The number of hydroxylamine groups is 1. The molecule has 152 valence electrons. The monoisotopic (exact) mass is 376 g/mol. The Morgan fingerprint density at radius 1 is 0.963 bits per heavy atom. The molecule has 6 nitrogen and oxygen atoms in total. The van der Waals surface area contributed by atoms with Crippen LogP contribution in [0, 0.1) is 29.6 Å². The number of amides is 1. The van der Waals surface area contributed by atoms with Gasteiger partial charge in [-0.3, -0.25) is 14.9 Å². The first-order valence-corrected chi connectivity index (χ1v) is 11.4. The molecule has 0 aromatic rings. The van der Waals surface area contributed by atoms with Crippen LogP contribution in [0.25, 0.3) is 0 Å². The molecular weight excluding hydrogens is 340 g/mol. The Labute approximate surface area is 162 Å². The molecule has 2 aliphatic heterocycles. The van der Waals surface area contributed by atoms with E-state index in [0.29, 0.717) is 36.0 Å². The molecule has 0 bridgehead atoms. The summed E-state index contributed by atoms with van der Waals surface area (Å²) in [5, 5.41) is 10.5. The van der Waals surface area contributed by atoms with Gasteiger partial charge in [-0.05, 0) is 89.0 Å². The minimum atomic E-state index is 0.224. The van der Waals surface area contributed by atoms with Crippen molar-refractivity contribution < 1.29 is 9.63 Å². The summed E-state index contributed by atoms with van der Waals surface area (Å²) in [6.45, 7) is 3.24. The van der Waals surface area contributed by atoms with E-state index in [0.717, 1.165) is 37.6 Å². The second-order valence-electron chi connectivity index (χ2n) is 9.90. The molecule has 2 heterocycles. The molecule has 3 saturated carbocycles. The number of carbonyl (C=O) groups is 1. The van der Waals surface area contributed by atoms with Gasteiger partial charge in [-0.2, -0.15) is 5.48 Å². The van der Waals surface area contributed by atoms with E-state index < -0.39 is 0 Å². The molecule has 2 saturated heterocycles. The fourth-order valence-electron chi connectivity index (χ4n) is 6.25. The van der Waals surface area contributed by atoms with Crippen LogP contribution in [0.4, 0.5) is 0 Å². The van der Waals surface area contributed by atoms with Gasteiger partial charge in [0.25, 0.3) is 0 Å². The van der Waals surface area contributed by atoms with Crippen molar-refractivity contribution >= 4 is 5.91 Å². The first-order valence-electron chi connectivity index (χ1n) is 11.4. The second kappa shape index (κ2) is 7.62. The number of hydrogen-bond donors (Lipinski definition) is 4. The molecule has 0 aromatic heterocycles. The number of carbonyl (C=O) groups excluding carboxylic acids is 1. The smallest absolute Gasteiger partial charge is 0.223 e. The second-order valence-corrected chi connectivity index (χ2v) is 9.90. The van der Waals surface area contributed by atoms with Crippen LogP contribution in [0.3, 0.4) is 0 Å². The van der Waals surface area contributed by atoms with Crippen LogP contribution in [0.2, 0.25) is 0 Å². The van der Waals surface area contributed by atoms with Crippen LogP contribution in [0.1, 0.15) is 64.7 Å². The first-order chi connectivity index (χ1) is 13.2. The highest BCUT2D eigenvalue weighted by molar-refractivity contribution is 5.79. The Kier molecular flexibility index (Phi) is 5.18. The summed E-state index contributed by atoms with van der Waals surface area (Å²) >= 11 is 0. The summed E-state index contributed by atoms with van der Waals surface area (Å²) in [5.74, 6) is 3.27. The van der Waals surface area contributed by atoms with Crippen LogP contribution in [0.15, 0.2) is 0 Å². The third-order valence-corrected chi connectivity index (χ3v) is 7.94. The van der Waals surface area contributed by atoms with Gasteiger partial charge in [0, 0.05) is 23.9 Å². The van der Waals surface area contributed by atoms with E-state index in [1.54, 1.807) is 0 Å². The molecule has 6 heteroatoms. The zero-order valence-corrected chi connectivity index (χ0v) is 16.6. The number of fused-ring (bicyclic) bond motifs is 1. The number of piperidine rings is 1. The summed E-state index contributed by atoms with van der Waals surface area (Å²) in [6.07, 6.45) is 11.2. The van der Waals surface area contributed by atoms with Crippen LogP contribution in [0.5, 0.6) is 0 Å². The minimum absolute atomic E-state index is 0.224. The van der Waals surface area contributed by atoms with E-state index in [-0.39, 0.29) is 12.1 Å². The summed E-state index contributed by atoms with van der Waals surface area (Å²) in [6, 6.07) is 0.886. The highest BCUT2D eigenvalue weighted by atomic mass is 16.7. The van der Waals surface area contributed by atoms with Crippen LogP contribution >= 0.6 is 0 Å². The lowest BCUT2D eigenvalue weighted by atomic mass is 9.72. The molecule has 8 atom stereocenters. The van der Waals surface area contributed by atoms with Gasteiger partial charge in [0.2, 0.25) is 5.91 Å². The lowest BCUT2D eigenvalue weighted by Crippen LogP contribution is -2.49. The van der Waals surface area contributed by atoms with Gasteiger partial charge in [0.15, 0.2) is 0 Å². The molecule has 4 N–H and O–H groups in total. The maximum Gasteiger partial charge on any atom is 0.223 e. The van der Waals surface area contributed by atoms with E-state index >= 15 is 0 Å². The Balaban J connectivity index is 1.13. The Hall–Kier alpha value is -0.690. The van der Waals surface area contributed by atoms with Crippen LogP contribution in [-0.2, 0) is 9.63 Å². The lowest BCUT2D eigenvalue weighted by Gasteiger charge is -2.37. The fourth-order valence-corrected chi connectivity index (χ4v) is 6.25. The van der Waals surface area contributed by atoms with Gasteiger partial charge in [-0.25, -0.2) is 0 Å². The van der Waals surface area contributed by atoms with Gasteiger partial charge < -0.3 is 10.6 Å². The van der Waals surface area contributed by atoms with Gasteiger partial charge in [-0.15, -0.1) is 0 Å². The van der Waals surface area contributed by atoms with Crippen molar-refractivity contribution in [3.8, 4) is 0 Å². The summed E-state index contributed by atoms with van der Waals surface area (Å²) < 4.78 is 0. The molecule has 1 amide bonds. The molecule has 0 radical (unpaired) electrons. The molecule has 0 aromatic carbocycles. The standard InChI is InChI=1S/C21H36N4O2/c1-12-10-16(8-9-22-12)23-20(26)18-7-4-14-11-15(5-6-17(14)18)19-24-21(27-25-19)13-2-3-13/h12-19,21-22,24-25H,2-11H2,1H3,(H,23,26)/t12?,14?,15?,16?,17?,18-,19?,21?/m1/s1. The molecule has 7 unspecified atom stereocenters. The summed E-state index contributed by atoms with van der Waals surface area (Å²) in [7, 11) is 0. The molecular formula is C21H36N4O2. The lowest BCUT2D eigenvalue weighted by molar-refractivity contribution is -0.127. The van der Waals surface area contributed by atoms with Gasteiger partial charge >= 0.3 is 0 Å². The number of hydrogen-bond acceptors (Lipinski definition) is 5. The van der Waals surface area contributed by atoms with Crippen molar-refractivity contribution in [1.29, 1.82) is 0 Å². The summed E-state index contributed by atoms with van der Waals surface area (Å²) in [5.41, 5.74) is 3.27. The van der Waals surface area contributed by atoms with Crippen molar-refractivity contribution in [3.63, 3.8) is 0 Å². The van der Waals surface area contributed by atoms with Gasteiger partial charge in [0.05, 0.1) is 6.17 Å². The zero-order valence-electron chi connectivity index (χ0n) is 16.6. The predicted octanol–water partition coefficient (Wildman–Crippen LogP) is 1.87. The van der Waals surface area contributed by atoms with Crippen molar-refractivity contribution in [1.82, 2.24) is 21.4 Å². The first kappa shape index (κ1) is 18.3. The van der Waals surface area contributed by atoms with Crippen molar-refractivity contribution in [2.75, 3.05) is 6.54 Å². The summed E-state index contributed by atoms with van der Waals surface area (Å²) in [4.78, 5) is 18.7. The fraction of sp³-hybridized carbons (Fsp3) is 0.952. The largest absolute Gasteiger partial charge is 0.353 e. The van der Waals surface area contributed by atoms with Crippen molar-refractivity contribution in [2.45, 2.75) is 89.2 Å². The van der Waals surface area contributed by atoms with E-state index in [4.69, 9.17) is 4.84 Å². The normalized spacial score (nSPS) is 47.6. The van der Waals surface area contributed by atoms with Gasteiger partial charge in [-0.1, -0.05) is 0 Å². The van der Waals surface area contributed by atoms with Crippen molar-refractivity contribution in [3.05, 3.63) is 0 Å². The van der Waals surface area contributed by atoms with E-state index in [9.17, 15) is 4.79 Å². The van der Waals surface area contributed by atoms with Crippen molar-refractivity contribution in [2.24, 2.45) is 29.6 Å². The van der Waals surface area contributed by atoms with Gasteiger partial charge in [0.1, 0.15) is 6.23 Å². The van der Waals surface area contributed by atoms with E-state index in [1.165, 1.54) is 38.5 Å². The molecule has 3 aliphatic carbocycles. The van der Waals surface area contributed by atoms with Crippen LogP contribution < -0.4 is 21.4 Å². The number of nitrogens with one attached hydrogen (secondary N) is 4. The molecule has 0 spiro atoms. The van der Waals surface area contributed by atoms with E-state index in [1.807, 2.05) is 0 Å². The molecule has 5 aliphatic rings.